The number of thioether (sulfide) groups is 1. The SMILES string of the molecule is CC1CCC2C(C1)SC1NCN3C(S)NNC3C12. The molecule has 7 unspecified atom stereocenters. The van der Waals surface area contributed by atoms with Gasteiger partial charge in [-0.1, -0.05) is 13.3 Å². The van der Waals surface area contributed by atoms with Crippen LogP contribution in [0.4, 0.5) is 0 Å². The number of hydrogen-bond acceptors (Lipinski definition) is 6. The van der Waals surface area contributed by atoms with Crippen molar-refractivity contribution < 1.29 is 0 Å². The van der Waals surface area contributed by atoms with E-state index < -0.39 is 0 Å². The van der Waals surface area contributed by atoms with Gasteiger partial charge in [0.2, 0.25) is 0 Å². The molecule has 3 N–H and O–H groups in total. The van der Waals surface area contributed by atoms with Crippen molar-refractivity contribution in [2.75, 3.05) is 6.67 Å². The predicted octanol–water partition coefficient (Wildman–Crippen LogP) is 0.990. The summed E-state index contributed by atoms with van der Waals surface area (Å²) >= 11 is 6.78. The van der Waals surface area contributed by atoms with E-state index in [1.807, 2.05) is 0 Å². The minimum Gasteiger partial charge on any atom is -0.292 e. The molecule has 3 saturated heterocycles. The predicted molar refractivity (Wildman–Crippen MR) is 77.8 cm³/mol. The van der Waals surface area contributed by atoms with Crippen LogP contribution in [0.5, 0.6) is 0 Å². The Morgan fingerprint density at radius 3 is 3.06 bits per heavy atom. The van der Waals surface area contributed by atoms with Gasteiger partial charge in [0.1, 0.15) is 5.50 Å². The van der Waals surface area contributed by atoms with Crippen molar-refractivity contribution in [1.82, 2.24) is 21.1 Å². The van der Waals surface area contributed by atoms with E-state index in [1.54, 1.807) is 0 Å². The van der Waals surface area contributed by atoms with Gasteiger partial charge in [-0.25, -0.2) is 15.8 Å². The summed E-state index contributed by atoms with van der Waals surface area (Å²) < 4.78 is 0. The molecule has 4 nitrogen and oxygen atoms in total. The van der Waals surface area contributed by atoms with E-state index in [1.165, 1.54) is 19.3 Å². The molecular formula is C12H22N4S2. The lowest BCUT2D eigenvalue weighted by molar-refractivity contribution is 0.0587. The van der Waals surface area contributed by atoms with E-state index in [9.17, 15) is 0 Å². The Hall–Kier alpha value is 0.540. The fourth-order valence-electron chi connectivity index (χ4n) is 4.21. The van der Waals surface area contributed by atoms with Crippen molar-refractivity contribution in [3.8, 4) is 0 Å². The molecule has 4 fully saturated rings. The van der Waals surface area contributed by atoms with E-state index in [0.29, 0.717) is 11.5 Å². The summed E-state index contributed by atoms with van der Waals surface area (Å²) in [5.74, 6) is 2.53. The molecule has 0 bridgehead atoms. The third kappa shape index (κ3) is 1.77. The minimum absolute atomic E-state index is 0.148. The molecule has 4 aliphatic rings. The van der Waals surface area contributed by atoms with Crippen LogP contribution in [0.1, 0.15) is 26.2 Å². The summed E-state index contributed by atoms with van der Waals surface area (Å²) in [6, 6.07) is 0. The van der Waals surface area contributed by atoms with E-state index in [2.05, 4.69) is 52.4 Å². The van der Waals surface area contributed by atoms with Crippen LogP contribution >= 0.6 is 24.4 Å². The summed E-state index contributed by atoms with van der Waals surface area (Å²) in [7, 11) is 0. The van der Waals surface area contributed by atoms with Crippen molar-refractivity contribution in [2.24, 2.45) is 17.8 Å². The normalized spacial score (nSPS) is 56.0. The fraction of sp³-hybridized carbons (Fsp3) is 1.00. The van der Waals surface area contributed by atoms with E-state index in [-0.39, 0.29) is 5.50 Å². The Balaban J connectivity index is 1.58. The Morgan fingerprint density at radius 1 is 1.28 bits per heavy atom. The van der Waals surface area contributed by atoms with Crippen molar-refractivity contribution in [3.05, 3.63) is 0 Å². The second kappa shape index (κ2) is 4.53. The average molecular weight is 286 g/mol. The number of hydrogen-bond donors (Lipinski definition) is 4. The lowest BCUT2D eigenvalue weighted by Crippen LogP contribution is -2.59. The smallest absolute Gasteiger partial charge is 0.120 e. The first-order chi connectivity index (χ1) is 8.74. The van der Waals surface area contributed by atoms with Crippen LogP contribution in [0.3, 0.4) is 0 Å². The number of rotatable bonds is 0. The van der Waals surface area contributed by atoms with Crippen LogP contribution in [-0.2, 0) is 0 Å². The number of nitrogens with zero attached hydrogens (tertiary/aromatic N) is 1. The molecule has 1 saturated carbocycles. The summed E-state index contributed by atoms with van der Waals surface area (Å²) in [5, 5.41) is 5.22. The van der Waals surface area contributed by atoms with Crippen molar-refractivity contribution in [2.45, 2.75) is 48.5 Å². The molecule has 0 amide bonds. The molecule has 0 aromatic heterocycles. The number of thiol groups is 1. The highest BCUT2D eigenvalue weighted by atomic mass is 32.2. The topological polar surface area (TPSA) is 39.3 Å². The van der Waals surface area contributed by atoms with Gasteiger partial charge < -0.3 is 0 Å². The second-order valence-corrected chi connectivity index (χ2v) is 8.11. The molecule has 4 rings (SSSR count). The largest absolute Gasteiger partial charge is 0.292 e. The monoisotopic (exact) mass is 286 g/mol. The number of nitrogens with one attached hydrogen (secondary N) is 3. The van der Waals surface area contributed by atoms with Crippen LogP contribution in [0, 0.1) is 17.8 Å². The first-order valence-electron chi connectivity index (χ1n) is 7.08. The number of hydrazine groups is 1. The van der Waals surface area contributed by atoms with Gasteiger partial charge in [-0.05, 0) is 24.7 Å². The highest BCUT2D eigenvalue weighted by Crippen LogP contribution is 2.53. The van der Waals surface area contributed by atoms with E-state index >= 15 is 0 Å². The standard InChI is InChI=1S/C12H22N4S2/c1-6-2-3-7-8(4-6)18-11-9(7)10-14-15-12(17)16(10)5-13-11/h6-15,17H,2-5H2,1H3. The molecule has 0 radical (unpaired) electrons. The Labute approximate surface area is 118 Å². The summed E-state index contributed by atoms with van der Waals surface area (Å²) in [6.45, 7) is 3.36. The van der Waals surface area contributed by atoms with Crippen molar-refractivity contribution in [1.29, 1.82) is 0 Å². The first kappa shape index (κ1) is 12.3. The van der Waals surface area contributed by atoms with E-state index in [0.717, 1.165) is 29.7 Å². The zero-order valence-corrected chi connectivity index (χ0v) is 12.4. The lowest BCUT2D eigenvalue weighted by Gasteiger charge is -2.42. The Kier molecular flexibility index (Phi) is 3.10. The quantitative estimate of drug-likeness (QED) is 0.500. The molecule has 0 aromatic rings. The van der Waals surface area contributed by atoms with Gasteiger partial charge in [0.05, 0.1) is 18.2 Å². The lowest BCUT2D eigenvalue weighted by atomic mass is 9.74. The van der Waals surface area contributed by atoms with Crippen molar-refractivity contribution in [3.63, 3.8) is 0 Å². The maximum atomic E-state index is 4.58. The van der Waals surface area contributed by atoms with Crippen LogP contribution in [0.2, 0.25) is 0 Å². The molecule has 0 aromatic carbocycles. The molecular weight excluding hydrogens is 264 g/mol. The first-order valence-corrected chi connectivity index (χ1v) is 8.53. The third-order valence-corrected chi connectivity index (χ3v) is 7.23. The van der Waals surface area contributed by atoms with Gasteiger partial charge in [-0.2, -0.15) is 0 Å². The van der Waals surface area contributed by atoms with Gasteiger partial charge in [-0.3, -0.25) is 5.32 Å². The van der Waals surface area contributed by atoms with Gasteiger partial charge in [0.15, 0.2) is 0 Å². The molecule has 3 heterocycles. The molecule has 6 heteroatoms. The van der Waals surface area contributed by atoms with Crippen molar-refractivity contribution >= 4 is 24.4 Å². The zero-order valence-electron chi connectivity index (χ0n) is 10.7. The summed E-state index contributed by atoms with van der Waals surface area (Å²) in [5.41, 5.74) is 6.89. The maximum Gasteiger partial charge on any atom is 0.120 e. The summed E-state index contributed by atoms with van der Waals surface area (Å²) in [6.07, 6.45) is 4.70. The van der Waals surface area contributed by atoms with Gasteiger partial charge in [0.25, 0.3) is 0 Å². The molecule has 18 heavy (non-hydrogen) atoms. The van der Waals surface area contributed by atoms with Gasteiger partial charge in [0, 0.05) is 11.2 Å². The van der Waals surface area contributed by atoms with E-state index in [4.69, 9.17) is 0 Å². The van der Waals surface area contributed by atoms with Crippen LogP contribution in [0.15, 0.2) is 0 Å². The van der Waals surface area contributed by atoms with Gasteiger partial charge in [-0.15, -0.1) is 24.4 Å². The Bertz CT molecular complexity index is 342. The summed E-state index contributed by atoms with van der Waals surface area (Å²) in [4.78, 5) is 2.41. The number of fused-ring (bicyclic) bond motifs is 5. The van der Waals surface area contributed by atoms with Crippen LogP contribution in [0.25, 0.3) is 0 Å². The van der Waals surface area contributed by atoms with Crippen LogP contribution in [-0.4, -0.2) is 33.9 Å². The minimum atomic E-state index is 0.148. The fourth-order valence-corrected chi connectivity index (χ4v) is 6.55. The molecule has 0 spiro atoms. The molecule has 3 aliphatic heterocycles. The van der Waals surface area contributed by atoms with Crippen LogP contribution < -0.4 is 16.2 Å². The molecule has 102 valence electrons. The second-order valence-electron chi connectivity index (χ2n) is 6.24. The Morgan fingerprint density at radius 2 is 2.17 bits per heavy atom. The highest BCUT2D eigenvalue weighted by molar-refractivity contribution is 8.00. The zero-order chi connectivity index (χ0) is 12.3. The maximum absolute atomic E-state index is 4.58. The molecule has 7 atom stereocenters. The third-order valence-electron chi connectivity index (χ3n) is 5.14. The molecule has 1 aliphatic carbocycles. The average Bonchev–Trinajstić information content (AvgIpc) is 2.89. The highest BCUT2D eigenvalue weighted by Gasteiger charge is 2.54. The van der Waals surface area contributed by atoms with Gasteiger partial charge >= 0.3 is 0 Å².